The number of nitrogens with one attached hydrogen (secondary N) is 1. The SMILES string of the molecule is N#Cc1c(N)n[nH]c1C#CC=O. The number of aromatic nitrogens is 2. The van der Waals surface area contributed by atoms with Crippen molar-refractivity contribution in [1.82, 2.24) is 10.2 Å². The molecule has 5 nitrogen and oxygen atoms in total. The fourth-order valence-corrected chi connectivity index (χ4v) is 0.661. The van der Waals surface area contributed by atoms with Gasteiger partial charge in [0.1, 0.15) is 17.3 Å². The summed E-state index contributed by atoms with van der Waals surface area (Å²) in [6.07, 6.45) is 0.429. The van der Waals surface area contributed by atoms with Crippen molar-refractivity contribution in [3.8, 4) is 17.9 Å². The van der Waals surface area contributed by atoms with Crippen molar-refractivity contribution < 1.29 is 4.79 Å². The van der Waals surface area contributed by atoms with Gasteiger partial charge in [-0.1, -0.05) is 0 Å². The molecular formula is C7H4N4O. The molecule has 0 spiro atoms. The first-order valence-corrected chi connectivity index (χ1v) is 2.98. The minimum absolute atomic E-state index is 0.0905. The first kappa shape index (κ1) is 7.83. The zero-order valence-corrected chi connectivity index (χ0v) is 5.96. The van der Waals surface area contributed by atoms with Gasteiger partial charge in [-0.2, -0.15) is 10.4 Å². The Balaban J connectivity index is 3.18. The van der Waals surface area contributed by atoms with Crippen molar-refractivity contribution in [3.63, 3.8) is 0 Å². The van der Waals surface area contributed by atoms with Crippen molar-refractivity contribution in [1.29, 1.82) is 5.26 Å². The number of aldehydes is 1. The number of hydrogen-bond acceptors (Lipinski definition) is 4. The molecule has 5 heteroatoms. The van der Waals surface area contributed by atoms with Crippen LogP contribution >= 0.6 is 0 Å². The first-order valence-electron chi connectivity index (χ1n) is 2.98. The Labute approximate surface area is 68.2 Å². The zero-order valence-electron chi connectivity index (χ0n) is 5.96. The lowest BCUT2D eigenvalue weighted by molar-refractivity contribution is -0.103. The van der Waals surface area contributed by atoms with Gasteiger partial charge in [0.15, 0.2) is 12.1 Å². The summed E-state index contributed by atoms with van der Waals surface area (Å²) in [6.45, 7) is 0. The summed E-state index contributed by atoms with van der Waals surface area (Å²) in [4.78, 5) is 9.86. The number of rotatable bonds is 0. The monoisotopic (exact) mass is 160 g/mol. The Morgan fingerprint density at radius 1 is 1.67 bits per heavy atom. The first-order chi connectivity index (χ1) is 5.79. The number of nitrogens with zero attached hydrogens (tertiary/aromatic N) is 2. The predicted molar refractivity (Wildman–Crippen MR) is 40.7 cm³/mol. The Hall–Kier alpha value is -2.27. The molecule has 1 aromatic heterocycles. The number of hydrogen-bond donors (Lipinski definition) is 2. The summed E-state index contributed by atoms with van der Waals surface area (Å²) in [7, 11) is 0. The van der Waals surface area contributed by atoms with Crippen molar-refractivity contribution in [2.24, 2.45) is 0 Å². The highest BCUT2D eigenvalue weighted by molar-refractivity contribution is 5.74. The topological polar surface area (TPSA) is 95.6 Å². The quantitative estimate of drug-likeness (QED) is 0.391. The summed E-state index contributed by atoms with van der Waals surface area (Å²) in [5.41, 5.74) is 5.74. The molecule has 0 saturated carbocycles. The maximum Gasteiger partial charge on any atom is 0.193 e. The highest BCUT2D eigenvalue weighted by Gasteiger charge is 2.06. The lowest BCUT2D eigenvalue weighted by atomic mass is 10.2. The van der Waals surface area contributed by atoms with Crippen LogP contribution in [0.4, 0.5) is 5.82 Å². The normalized spacial score (nSPS) is 7.92. The highest BCUT2D eigenvalue weighted by atomic mass is 16.1. The van der Waals surface area contributed by atoms with Gasteiger partial charge in [-0.25, -0.2) is 0 Å². The van der Waals surface area contributed by atoms with E-state index in [0.717, 1.165) is 0 Å². The van der Waals surface area contributed by atoms with Gasteiger partial charge >= 0.3 is 0 Å². The smallest absolute Gasteiger partial charge is 0.193 e. The Kier molecular flexibility index (Phi) is 2.10. The molecule has 12 heavy (non-hydrogen) atoms. The van der Waals surface area contributed by atoms with Crippen LogP contribution in [-0.2, 0) is 4.79 Å². The second-order valence-electron chi connectivity index (χ2n) is 1.86. The van der Waals surface area contributed by atoms with Crippen LogP contribution in [-0.4, -0.2) is 16.5 Å². The van der Waals surface area contributed by atoms with Crippen molar-refractivity contribution in [2.75, 3.05) is 5.73 Å². The molecule has 0 radical (unpaired) electrons. The molecule has 0 fully saturated rings. The van der Waals surface area contributed by atoms with Crippen LogP contribution in [0.1, 0.15) is 11.3 Å². The summed E-state index contributed by atoms with van der Waals surface area (Å²) in [5.74, 6) is 4.63. The van der Waals surface area contributed by atoms with Crippen LogP contribution in [0.15, 0.2) is 0 Å². The Bertz CT molecular complexity index is 401. The van der Waals surface area contributed by atoms with E-state index in [1.807, 2.05) is 6.07 Å². The average molecular weight is 160 g/mol. The van der Waals surface area contributed by atoms with Gasteiger partial charge in [0.25, 0.3) is 0 Å². The Morgan fingerprint density at radius 3 is 3.00 bits per heavy atom. The lowest BCUT2D eigenvalue weighted by Gasteiger charge is -1.81. The van der Waals surface area contributed by atoms with Gasteiger partial charge in [0.05, 0.1) is 0 Å². The van der Waals surface area contributed by atoms with Crippen molar-refractivity contribution in [3.05, 3.63) is 11.3 Å². The molecular weight excluding hydrogens is 156 g/mol. The number of nitrogens with two attached hydrogens (primary N) is 1. The summed E-state index contributed by atoms with van der Waals surface area (Å²) >= 11 is 0. The third kappa shape index (κ3) is 1.25. The third-order valence-electron chi connectivity index (χ3n) is 1.16. The molecule has 0 unspecified atom stereocenters. The molecule has 0 aliphatic rings. The Morgan fingerprint density at radius 2 is 2.42 bits per heavy atom. The number of nitriles is 1. The van der Waals surface area contributed by atoms with E-state index in [9.17, 15) is 4.79 Å². The van der Waals surface area contributed by atoms with Crippen LogP contribution in [0, 0.1) is 23.2 Å². The fraction of sp³-hybridized carbons (Fsp3) is 0. The number of anilines is 1. The molecule has 58 valence electrons. The number of carbonyl (C=O) groups is 1. The van der Waals surface area contributed by atoms with Crippen LogP contribution in [0.2, 0.25) is 0 Å². The average Bonchev–Trinajstić information content (AvgIpc) is 2.43. The van der Waals surface area contributed by atoms with Gasteiger partial charge in [-0.3, -0.25) is 9.89 Å². The van der Waals surface area contributed by atoms with E-state index in [4.69, 9.17) is 11.0 Å². The second kappa shape index (κ2) is 3.22. The molecule has 0 saturated heterocycles. The van der Waals surface area contributed by atoms with E-state index in [2.05, 4.69) is 22.0 Å². The highest BCUT2D eigenvalue weighted by Crippen LogP contribution is 2.09. The number of H-pyrrole nitrogens is 1. The molecule has 0 aliphatic carbocycles. The zero-order chi connectivity index (χ0) is 8.97. The van der Waals surface area contributed by atoms with Crippen LogP contribution in [0.5, 0.6) is 0 Å². The van der Waals surface area contributed by atoms with E-state index < -0.39 is 0 Å². The summed E-state index contributed by atoms with van der Waals surface area (Å²) in [6, 6.07) is 1.82. The molecule has 1 rings (SSSR count). The maximum absolute atomic E-state index is 9.86. The minimum atomic E-state index is 0.0905. The van der Waals surface area contributed by atoms with E-state index in [0.29, 0.717) is 6.29 Å². The van der Waals surface area contributed by atoms with Gasteiger partial charge in [0.2, 0.25) is 0 Å². The van der Waals surface area contributed by atoms with Crippen LogP contribution in [0.3, 0.4) is 0 Å². The number of carbonyl (C=O) groups excluding carboxylic acids is 1. The molecule has 3 N–H and O–H groups in total. The van der Waals surface area contributed by atoms with Gasteiger partial charge < -0.3 is 5.73 Å². The van der Waals surface area contributed by atoms with Gasteiger partial charge in [0, 0.05) is 0 Å². The number of nitrogen functional groups attached to an aromatic ring is 1. The molecule has 0 aromatic carbocycles. The van der Waals surface area contributed by atoms with E-state index in [1.165, 1.54) is 0 Å². The molecule has 1 heterocycles. The standard InChI is InChI=1S/C7H4N4O/c8-4-5-6(2-1-3-12)10-11-7(5)9/h3H,(H3,9,10,11). The lowest BCUT2D eigenvalue weighted by Crippen LogP contribution is -1.87. The second-order valence-corrected chi connectivity index (χ2v) is 1.86. The van der Waals surface area contributed by atoms with E-state index in [-0.39, 0.29) is 17.1 Å². The predicted octanol–water partition coefficient (Wildman–Crippen LogP) is -0.586. The van der Waals surface area contributed by atoms with Crippen molar-refractivity contribution in [2.45, 2.75) is 0 Å². The number of aromatic amines is 1. The van der Waals surface area contributed by atoms with Crippen LogP contribution < -0.4 is 5.73 Å². The fourth-order valence-electron chi connectivity index (χ4n) is 0.661. The molecule has 0 aliphatic heterocycles. The largest absolute Gasteiger partial charge is 0.381 e. The molecule has 0 amide bonds. The molecule has 0 atom stereocenters. The molecule has 0 bridgehead atoms. The minimum Gasteiger partial charge on any atom is -0.381 e. The summed E-state index contributed by atoms with van der Waals surface area (Å²) < 4.78 is 0. The van der Waals surface area contributed by atoms with Crippen molar-refractivity contribution >= 4 is 12.1 Å². The maximum atomic E-state index is 9.86. The van der Waals surface area contributed by atoms with Gasteiger partial charge in [-0.15, -0.1) is 0 Å². The summed E-state index contributed by atoms with van der Waals surface area (Å²) in [5, 5.41) is 14.5. The van der Waals surface area contributed by atoms with Gasteiger partial charge in [-0.05, 0) is 11.8 Å². The van der Waals surface area contributed by atoms with E-state index in [1.54, 1.807) is 0 Å². The van der Waals surface area contributed by atoms with Crippen LogP contribution in [0.25, 0.3) is 0 Å². The third-order valence-corrected chi connectivity index (χ3v) is 1.16. The van der Waals surface area contributed by atoms with E-state index >= 15 is 0 Å². The molecule has 1 aromatic rings.